The molecule has 0 bridgehead atoms. The van der Waals surface area contributed by atoms with E-state index in [0.29, 0.717) is 0 Å². The van der Waals surface area contributed by atoms with Gasteiger partial charge in [0.1, 0.15) is 6.42 Å². The zero-order valence-electron chi connectivity index (χ0n) is 5.22. The first-order chi connectivity index (χ1) is 3.83. The third-order valence-corrected chi connectivity index (χ3v) is 1.17. The van der Waals surface area contributed by atoms with Crippen molar-refractivity contribution in [1.82, 2.24) is 10.1 Å². The summed E-state index contributed by atoms with van der Waals surface area (Å²) < 4.78 is 4.89. The topological polar surface area (TPSA) is 26.6 Å². The molecule has 0 saturated heterocycles. The van der Waals surface area contributed by atoms with Crippen LogP contribution in [-0.4, -0.2) is 31.6 Å². The monoisotopic (exact) mass is 114 g/mol. The highest BCUT2D eigenvalue weighted by atomic mass is 16.5. The molecular formula is C5H10N2O+. The summed E-state index contributed by atoms with van der Waals surface area (Å²) >= 11 is 0. The van der Waals surface area contributed by atoms with Crippen LogP contribution in [0.2, 0.25) is 0 Å². The first kappa shape index (κ1) is 5.41. The predicted octanol–water partition coefficient (Wildman–Crippen LogP) is -0.382. The molecule has 0 fully saturated rings. The van der Waals surface area contributed by atoms with Gasteiger partial charge in [-0.1, -0.05) is 0 Å². The molecule has 0 saturated carbocycles. The van der Waals surface area contributed by atoms with E-state index in [4.69, 9.17) is 4.74 Å². The SMILES string of the molecule is COC1=[N+]N(C)CC1. The van der Waals surface area contributed by atoms with Crippen molar-refractivity contribution in [3.05, 3.63) is 0 Å². The van der Waals surface area contributed by atoms with E-state index >= 15 is 0 Å². The molecule has 1 heterocycles. The third kappa shape index (κ3) is 0.911. The lowest BCUT2D eigenvalue weighted by Crippen LogP contribution is -2.15. The fraction of sp³-hybridized carbons (Fsp3) is 0.800. The van der Waals surface area contributed by atoms with Crippen LogP contribution in [0.25, 0.3) is 0 Å². The van der Waals surface area contributed by atoms with E-state index in [1.54, 1.807) is 7.11 Å². The summed E-state index contributed by atoms with van der Waals surface area (Å²) in [5.74, 6) is 0.840. The zero-order chi connectivity index (χ0) is 5.98. The molecule has 3 nitrogen and oxygen atoms in total. The van der Waals surface area contributed by atoms with Gasteiger partial charge in [-0.3, -0.25) is 0 Å². The molecule has 1 aliphatic heterocycles. The van der Waals surface area contributed by atoms with Crippen molar-refractivity contribution < 1.29 is 4.74 Å². The molecule has 0 unspecified atom stereocenters. The second kappa shape index (κ2) is 2.03. The molecule has 0 N–H and O–H groups in total. The largest absolute Gasteiger partial charge is 0.444 e. The Morgan fingerprint density at radius 1 is 1.75 bits per heavy atom. The summed E-state index contributed by atoms with van der Waals surface area (Å²) in [7, 11) is 3.59. The minimum atomic E-state index is 0.840. The Bertz CT molecular complexity index is 111. The maximum absolute atomic E-state index is 4.89. The van der Waals surface area contributed by atoms with Crippen LogP contribution >= 0.6 is 0 Å². The highest BCUT2D eigenvalue weighted by Crippen LogP contribution is 1.93. The second-order valence-electron chi connectivity index (χ2n) is 1.83. The number of methoxy groups -OCH3 is 1. The van der Waals surface area contributed by atoms with E-state index in [1.165, 1.54) is 0 Å². The fourth-order valence-corrected chi connectivity index (χ4v) is 0.691. The molecule has 0 aliphatic carbocycles. The summed E-state index contributed by atoms with van der Waals surface area (Å²) in [6.07, 6.45) is 0.951. The quantitative estimate of drug-likeness (QED) is 0.429. The Hall–Kier alpha value is -0.730. The van der Waals surface area contributed by atoms with E-state index in [2.05, 4.69) is 5.10 Å². The molecule has 0 atom stereocenters. The first-order valence-electron chi connectivity index (χ1n) is 2.65. The van der Waals surface area contributed by atoms with Gasteiger partial charge in [0.25, 0.3) is 0 Å². The van der Waals surface area contributed by atoms with Crippen LogP contribution in [0.3, 0.4) is 0 Å². The van der Waals surface area contributed by atoms with E-state index in [-0.39, 0.29) is 0 Å². The molecule has 1 rings (SSSR count). The van der Waals surface area contributed by atoms with Crippen molar-refractivity contribution in [2.45, 2.75) is 6.42 Å². The van der Waals surface area contributed by atoms with Gasteiger partial charge in [-0.15, -0.1) is 5.01 Å². The van der Waals surface area contributed by atoms with Crippen molar-refractivity contribution in [2.24, 2.45) is 0 Å². The highest BCUT2D eigenvalue weighted by Gasteiger charge is 2.24. The Balaban J connectivity index is 2.44. The molecule has 0 amide bonds. The van der Waals surface area contributed by atoms with E-state index < -0.39 is 0 Å². The number of hydrogen-bond donors (Lipinski definition) is 0. The van der Waals surface area contributed by atoms with Crippen LogP contribution in [0.4, 0.5) is 0 Å². The molecule has 0 spiro atoms. The van der Waals surface area contributed by atoms with Crippen molar-refractivity contribution in [3.8, 4) is 0 Å². The number of hydrogen-bond acceptors (Lipinski definition) is 3. The van der Waals surface area contributed by atoms with Crippen LogP contribution in [-0.2, 0) is 4.74 Å². The van der Waals surface area contributed by atoms with Crippen molar-refractivity contribution in [2.75, 3.05) is 20.7 Å². The van der Waals surface area contributed by atoms with Gasteiger partial charge in [0.05, 0.1) is 20.7 Å². The van der Waals surface area contributed by atoms with Crippen molar-refractivity contribution in [1.29, 1.82) is 0 Å². The summed E-state index contributed by atoms with van der Waals surface area (Å²) in [4.78, 5) is 0. The van der Waals surface area contributed by atoms with E-state index in [9.17, 15) is 0 Å². The Kier molecular flexibility index (Phi) is 1.37. The Morgan fingerprint density at radius 2 is 2.50 bits per heavy atom. The van der Waals surface area contributed by atoms with Gasteiger partial charge >= 0.3 is 5.90 Å². The minimum Gasteiger partial charge on any atom is -0.444 e. The maximum atomic E-state index is 4.89. The van der Waals surface area contributed by atoms with Gasteiger partial charge in [-0.25, -0.2) is 0 Å². The fourth-order valence-electron chi connectivity index (χ4n) is 0.691. The molecule has 0 aromatic heterocycles. The predicted molar refractivity (Wildman–Crippen MR) is 31.4 cm³/mol. The average Bonchev–Trinajstić information content (AvgIpc) is 2.14. The summed E-state index contributed by atoms with van der Waals surface area (Å²) in [6.45, 7) is 0.989. The van der Waals surface area contributed by atoms with Crippen LogP contribution in [0.15, 0.2) is 0 Å². The van der Waals surface area contributed by atoms with Gasteiger partial charge in [-0.05, 0) is 0 Å². The average molecular weight is 114 g/mol. The lowest BCUT2D eigenvalue weighted by atomic mass is 10.4. The molecule has 1 aliphatic rings. The van der Waals surface area contributed by atoms with Gasteiger partial charge in [0.15, 0.2) is 0 Å². The Labute approximate surface area is 48.9 Å². The van der Waals surface area contributed by atoms with Gasteiger partial charge in [0.2, 0.25) is 5.10 Å². The van der Waals surface area contributed by atoms with Crippen LogP contribution in [0.1, 0.15) is 6.42 Å². The molecule has 8 heavy (non-hydrogen) atoms. The standard InChI is InChI=1S/C5H10N2O/c1-7-4-3-5(6-7)8-2/h3-4H2,1-2H3/q+1. The smallest absolute Gasteiger partial charge is 0.444 e. The second-order valence-corrected chi connectivity index (χ2v) is 1.83. The summed E-state index contributed by atoms with van der Waals surface area (Å²) in [5.41, 5.74) is 0. The Morgan fingerprint density at radius 3 is 2.75 bits per heavy atom. The first-order valence-corrected chi connectivity index (χ1v) is 2.65. The number of ether oxygens (including phenoxy) is 1. The molecule has 45 valence electrons. The van der Waals surface area contributed by atoms with Gasteiger partial charge < -0.3 is 4.74 Å². The number of rotatable bonds is 0. The lowest BCUT2D eigenvalue weighted by Gasteiger charge is -1.84. The number of hydrazone groups is 1. The van der Waals surface area contributed by atoms with Gasteiger partial charge in [0, 0.05) is 0 Å². The molecule has 3 heteroatoms. The molecule has 1 radical (unpaired) electrons. The zero-order valence-corrected chi connectivity index (χ0v) is 5.22. The van der Waals surface area contributed by atoms with Crippen LogP contribution in [0.5, 0.6) is 0 Å². The van der Waals surface area contributed by atoms with E-state index in [1.807, 2.05) is 12.1 Å². The van der Waals surface area contributed by atoms with Crippen molar-refractivity contribution in [3.63, 3.8) is 0 Å². The summed E-state index contributed by atoms with van der Waals surface area (Å²) in [5, 5.41) is 5.91. The number of nitrogens with zero attached hydrogens (tertiary/aromatic N) is 2. The molecular weight excluding hydrogens is 104 g/mol. The summed E-state index contributed by atoms with van der Waals surface area (Å²) in [6, 6.07) is 0. The normalized spacial score (nSPS) is 18.8. The molecule has 0 aromatic rings. The van der Waals surface area contributed by atoms with Gasteiger partial charge in [-0.2, -0.15) is 0 Å². The lowest BCUT2D eigenvalue weighted by molar-refractivity contribution is 0.333. The van der Waals surface area contributed by atoms with Crippen LogP contribution < -0.4 is 5.10 Å². The van der Waals surface area contributed by atoms with Crippen LogP contribution in [0, 0.1) is 0 Å². The maximum Gasteiger partial charge on any atom is 0.444 e. The highest BCUT2D eigenvalue weighted by molar-refractivity contribution is 5.75. The van der Waals surface area contributed by atoms with E-state index in [0.717, 1.165) is 18.9 Å². The van der Waals surface area contributed by atoms with Crippen molar-refractivity contribution >= 4 is 5.90 Å². The third-order valence-electron chi connectivity index (χ3n) is 1.17. The molecule has 0 aromatic carbocycles. The minimum absolute atomic E-state index is 0.840.